The van der Waals surface area contributed by atoms with Crippen molar-refractivity contribution in [3.8, 4) is 0 Å². The van der Waals surface area contributed by atoms with E-state index in [0.29, 0.717) is 11.9 Å². The zero-order chi connectivity index (χ0) is 19.8. The first-order valence-electron chi connectivity index (χ1n) is 10.6. The largest absolute Gasteiger partial charge is 0.356 e. The number of aliphatic imine (C=N–C) groups is 1. The number of aryl methyl sites for hydroxylation is 1. The zero-order valence-electron chi connectivity index (χ0n) is 17.7. The van der Waals surface area contributed by atoms with E-state index in [1.807, 2.05) is 18.8 Å². The second-order valence-corrected chi connectivity index (χ2v) is 9.08. The highest BCUT2D eigenvalue weighted by molar-refractivity contribution is 14.0. The number of rotatable bonds is 6. The van der Waals surface area contributed by atoms with Crippen molar-refractivity contribution in [1.82, 2.24) is 15.5 Å². The Morgan fingerprint density at radius 2 is 1.90 bits per heavy atom. The predicted molar refractivity (Wildman–Crippen MR) is 133 cm³/mol. The first-order chi connectivity index (χ1) is 13.7. The molecule has 1 unspecified atom stereocenters. The van der Waals surface area contributed by atoms with Crippen molar-refractivity contribution in [2.45, 2.75) is 56.4 Å². The lowest BCUT2D eigenvalue weighted by molar-refractivity contribution is -0.135. The highest BCUT2D eigenvalue weighted by atomic mass is 127. The van der Waals surface area contributed by atoms with E-state index < -0.39 is 0 Å². The summed E-state index contributed by atoms with van der Waals surface area (Å²) in [6.45, 7) is 4.63. The maximum atomic E-state index is 12.7. The van der Waals surface area contributed by atoms with Crippen molar-refractivity contribution in [3.63, 3.8) is 0 Å². The number of thioether (sulfide) groups is 1. The molecule has 2 aliphatic rings. The van der Waals surface area contributed by atoms with Gasteiger partial charge in [-0.05, 0) is 38.3 Å². The summed E-state index contributed by atoms with van der Waals surface area (Å²) in [5.74, 6) is 2.47. The molecule has 2 N–H and O–H groups in total. The topological polar surface area (TPSA) is 56.7 Å². The molecule has 1 aromatic carbocycles. The summed E-state index contributed by atoms with van der Waals surface area (Å²) in [5, 5.41) is 6.90. The van der Waals surface area contributed by atoms with Crippen LogP contribution in [0.2, 0.25) is 0 Å². The summed E-state index contributed by atoms with van der Waals surface area (Å²) in [7, 11) is 1.81. The van der Waals surface area contributed by atoms with E-state index in [1.165, 1.54) is 29.7 Å². The van der Waals surface area contributed by atoms with Gasteiger partial charge in [-0.25, -0.2) is 0 Å². The molecular weight excluding hydrogens is 495 g/mol. The number of hydrogen-bond acceptors (Lipinski definition) is 3. The molecule has 0 aromatic heterocycles. The minimum absolute atomic E-state index is 0. The van der Waals surface area contributed by atoms with Crippen LogP contribution in [0.15, 0.2) is 34.2 Å². The van der Waals surface area contributed by atoms with E-state index in [9.17, 15) is 4.79 Å². The van der Waals surface area contributed by atoms with Crippen LogP contribution in [0.4, 0.5) is 0 Å². The predicted octanol–water partition coefficient (Wildman–Crippen LogP) is 4.05. The van der Waals surface area contributed by atoms with Crippen LogP contribution >= 0.6 is 35.7 Å². The molecule has 5 nitrogen and oxygen atoms in total. The third kappa shape index (κ3) is 7.66. The molecule has 29 heavy (non-hydrogen) atoms. The quantitative estimate of drug-likeness (QED) is 0.192. The summed E-state index contributed by atoms with van der Waals surface area (Å²) >= 11 is 1.85. The van der Waals surface area contributed by atoms with Crippen molar-refractivity contribution in [2.24, 2.45) is 10.9 Å². The van der Waals surface area contributed by atoms with E-state index in [-0.39, 0.29) is 29.9 Å². The van der Waals surface area contributed by atoms with Crippen LogP contribution in [0, 0.1) is 12.8 Å². The summed E-state index contributed by atoms with van der Waals surface area (Å²) < 4.78 is 0. The van der Waals surface area contributed by atoms with Crippen molar-refractivity contribution in [1.29, 1.82) is 0 Å². The Hall–Kier alpha value is -0.960. The van der Waals surface area contributed by atoms with Gasteiger partial charge in [0.25, 0.3) is 0 Å². The van der Waals surface area contributed by atoms with Crippen molar-refractivity contribution >= 4 is 47.6 Å². The van der Waals surface area contributed by atoms with Gasteiger partial charge in [0, 0.05) is 49.3 Å². The molecule has 2 fully saturated rings. The number of guanidine groups is 1. The molecule has 1 heterocycles. The molecule has 1 saturated heterocycles. The Labute approximate surface area is 196 Å². The van der Waals surface area contributed by atoms with Gasteiger partial charge >= 0.3 is 0 Å². The van der Waals surface area contributed by atoms with E-state index >= 15 is 0 Å². The second-order valence-electron chi connectivity index (χ2n) is 7.91. The molecule has 162 valence electrons. The SMILES string of the molecule is CN=C(NCCSc1ccc(C)cc1)NC1CCN(C(=O)C2CCCCC2)C1.I. The Morgan fingerprint density at radius 3 is 2.59 bits per heavy atom. The molecule has 7 heteroatoms. The fourth-order valence-electron chi connectivity index (χ4n) is 4.05. The number of halogens is 1. The number of nitrogens with one attached hydrogen (secondary N) is 2. The number of carbonyl (C=O) groups is 1. The number of likely N-dealkylation sites (tertiary alicyclic amines) is 1. The number of carbonyl (C=O) groups excluding carboxylic acids is 1. The highest BCUT2D eigenvalue weighted by Crippen LogP contribution is 2.26. The molecular formula is C22H35IN4OS. The average molecular weight is 531 g/mol. The Bertz CT molecular complexity index is 661. The van der Waals surface area contributed by atoms with Gasteiger partial charge in [-0.3, -0.25) is 9.79 Å². The standard InChI is InChI=1S/C22H34N4OS.HI/c1-17-8-10-20(11-9-17)28-15-13-24-22(23-2)25-19-12-14-26(16-19)21(27)18-6-4-3-5-7-18;/h8-11,18-19H,3-7,12-16H2,1-2H3,(H2,23,24,25);1H. The van der Waals surface area contributed by atoms with Gasteiger partial charge in [-0.15, -0.1) is 35.7 Å². The third-order valence-corrected chi connectivity index (χ3v) is 6.72. The molecule has 1 saturated carbocycles. The molecule has 1 atom stereocenters. The van der Waals surface area contributed by atoms with Gasteiger partial charge < -0.3 is 15.5 Å². The van der Waals surface area contributed by atoms with Crippen molar-refractivity contribution in [2.75, 3.05) is 32.4 Å². The zero-order valence-corrected chi connectivity index (χ0v) is 20.8. The van der Waals surface area contributed by atoms with Gasteiger partial charge in [0.15, 0.2) is 5.96 Å². The molecule has 1 amide bonds. The molecule has 0 radical (unpaired) electrons. The van der Waals surface area contributed by atoms with Gasteiger partial charge in [0.2, 0.25) is 5.91 Å². The van der Waals surface area contributed by atoms with Crippen LogP contribution in [-0.2, 0) is 4.79 Å². The lowest BCUT2D eigenvalue weighted by Crippen LogP contribution is -2.46. The van der Waals surface area contributed by atoms with E-state index in [1.54, 1.807) is 0 Å². The summed E-state index contributed by atoms with van der Waals surface area (Å²) in [6, 6.07) is 8.93. The first kappa shape index (κ1) is 24.3. The van der Waals surface area contributed by atoms with E-state index in [4.69, 9.17) is 0 Å². The fourth-order valence-corrected chi connectivity index (χ4v) is 4.82. The third-order valence-electron chi connectivity index (χ3n) is 5.70. The normalized spacial score (nSPS) is 20.3. The second kappa shape index (κ2) is 12.7. The monoisotopic (exact) mass is 530 g/mol. The average Bonchev–Trinajstić information content (AvgIpc) is 3.20. The summed E-state index contributed by atoms with van der Waals surface area (Å²) in [4.78, 5) is 20.4. The molecule has 1 aliphatic carbocycles. The van der Waals surface area contributed by atoms with Crippen LogP contribution in [-0.4, -0.2) is 55.2 Å². The van der Waals surface area contributed by atoms with Crippen molar-refractivity contribution < 1.29 is 4.79 Å². The van der Waals surface area contributed by atoms with Gasteiger partial charge in [-0.2, -0.15) is 0 Å². The fraction of sp³-hybridized carbons (Fsp3) is 0.636. The Kier molecular flexibility index (Phi) is 10.6. The lowest BCUT2D eigenvalue weighted by Gasteiger charge is -2.26. The van der Waals surface area contributed by atoms with Gasteiger partial charge in [0.1, 0.15) is 0 Å². The Balaban J connectivity index is 0.00000300. The van der Waals surface area contributed by atoms with Crippen LogP contribution < -0.4 is 10.6 Å². The molecule has 0 bridgehead atoms. The molecule has 1 aromatic rings. The summed E-state index contributed by atoms with van der Waals surface area (Å²) in [5.41, 5.74) is 1.29. The maximum absolute atomic E-state index is 12.7. The first-order valence-corrected chi connectivity index (χ1v) is 11.6. The maximum Gasteiger partial charge on any atom is 0.225 e. The number of nitrogens with zero attached hydrogens (tertiary/aromatic N) is 2. The van der Waals surface area contributed by atoms with Crippen LogP contribution in [0.5, 0.6) is 0 Å². The number of hydrogen-bond donors (Lipinski definition) is 2. The number of benzene rings is 1. The van der Waals surface area contributed by atoms with Crippen LogP contribution in [0.3, 0.4) is 0 Å². The van der Waals surface area contributed by atoms with Crippen molar-refractivity contribution in [3.05, 3.63) is 29.8 Å². The minimum Gasteiger partial charge on any atom is -0.356 e. The smallest absolute Gasteiger partial charge is 0.225 e. The van der Waals surface area contributed by atoms with Gasteiger partial charge in [0.05, 0.1) is 0 Å². The molecule has 1 aliphatic heterocycles. The highest BCUT2D eigenvalue weighted by Gasteiger charge is 2.31. The van der Waals surface area contributed by atoms with E-state index in [2.05, 4.69) is 51.7 Å². The van der Waals surface area contributed by atoms with Crippen LogP contribution in [0.25, 0.3) is 0 Å². The summed E-state index contributed by atoms with van der Waals surface area (Å²) in [6.07, 6.45) is 6.87. The lowest BCUT2D eigenvalue weighted by atomic mass is 9.88. The van der Waals surface area contributed by atoms with Gasteiger partial charge in [-0.1, -0.05) is 37.0 Å². The molecule has 0 spiro atoms. The van der Waals surface area contributed by atoms with E-state index in [0.717, 1.165) is 50.6 Å². The minimum atomic E-state index is 0. The molecule has 3 rings (SSSR count). The number of amides is 1. The Morgan fingerprint density at radius 1 is 1.17 bits per heavy atom. The van der Waals surface area contributed by atoms with Crippen LogP contribution in [0.1, 0.15) is 44.1 Å².